The number of nitrogens with zero attached hydrogens (tertiary/aromatic N) is 5. The van der Waals surface area contributed by atoms with Gasteiger partial charge in [0.05, 0.1) is 29.1 Å². The summed E-state index contributed by atoms with van der Waals surface area (Å²) in [7, 11) is 0. The van der Waals surface area contributed by atoms with Crippen molar-refractivity contribution < 1.29 is 13.6 Å². The molecule has 0 atom stereocenters. The molecule has 1 amide bonds. The number of rotatable bonds is 6. The lowest BCUT2D eigenvalue weighted by Gasteiger charge is -2.15. The number of aromatic nitrogens is 5. The van der Waals surface area contributed by atoms with Crippen molar-refractivity contribution in [1.82, 2.24) is 30.0 Å². The first-order chi connectivity index (χ1) is 15.3. The van der Waals surface area contributed by atoms with Gasteiger partial charge in [0.15, 0.2) is 0 Å². The Morgan fingerprint density at radius 1 is 1.28 bits per heavy atom. The van der Waals surface area contributed by atoms with E-state index in [1.807, 2.05) is 6.07 Å². The van der Waals surface area contributed by atoms with E-state index in [0.29, 0.717) is 32.8 Å². The topological polar surface area (TPSA) is 112 Å². The summed E-state index contributed by atoms with van der Waals surface area (Å²) in [5.41, 5.74) is 2.50. The monoisotopic (exact) mass is 435 g/mol. The number of carbonyl (C=O) groups excluding carboxylic acids is 1. The zero-order chi connectivity index (χ0) is 22.9. The second kappa shape index (κ2) is 8.19. The molecule has 4 heterocycles. The Morgan fingerprint density at radius 3 is 2.81 bits per heavy atom. The fourth-order valence-corrected chi connectivity index (χ4v) is 3.05. The van der Waals surface area contributed by atoms with Crippen LogP contribution in [0.3, 0.4) is 0 Å². The van der Waals surface area contributed by atoms with Crippen LogP contribution in [0.1, 0.15) is 30.9 Å². The average Bonchev–Trinajstić information content (AvgIpc) is 3.44. The highest BCUT2D eigenvalue weighted by molar-refractivity contribution is 5.93. The van der Waals surface area contributed by atoms with Crippen molar-refractivity contribution in [3.05, 3.63) is 54.6 Å². The molecule has 4 aromatic rings. The number of H-pyrrole nitrogens is 1. The van der Waals surface area contributed by atoms with E-state index in [2.05, 4.69) is 31.4 Å². The second-order valence-electron chi connectivity index (χ2n) is 7.92. The van der Waals surface area contributed by atoms with Crippen LogP contribution in [-0.4, -0.2) is 37.2 Å². The lowest BCUT2D eigenvalue weighted by atomic mass is 9.96. The van der Waals surface area contributed by atoms with E-state index in [1.165, 1.54) is 12.4 Å². The van der Waals surface area contributed by atoms with E-state index >= 15 is 0 Å². The normalized spacial score (nSPS) is 11.6. The minimum absolute atomic E-state index is 0.204. The van der Waals surface area contributed by atoms with Crippen molar-refractivity contribution in [2.45, 2.75) is 20.4 Å². The van der Waals surface area contributed by atoms with Gasteiger partial charge in [-0.05, 0) is 38.1 Å². The van der Waals surface area contributed by atoms with Gasteiger partial charge in [-0.25, -0.2) is 14.6 Å². The smallest absolute Gasteiger partial charge is 0.333 e. The van der Waals surface area contributed by atoms with Crippen molar-refractivity contribution in [3.63, 3.8) is 0 Å². The molecular weight excluding hydrogens is 416 g/mol. The summed E-state index contributed by atoms with van der Waals surface area (Å²) in [6, 6.07) is 10.9. The summed E-state index contributed by atoms with van der Waals surface area (Å²) < 4.78 is 26.1. The fourth-order valence-electron chi connectivity index (χ4n) is 3.05. The van der Waals surface area contributed by atoms with E-state index in [-0.39, 0.29) is 18.1 Å². The van der Waals surface area contributed by atoms with Crippen LogP contribution in [0.15, 0.2) is 48.9 Å². The maximum absolute atomic E-state index is 12.8. The van der Waals surface area contributed by atoms with Crippen LogP contribution >= 0.6 is 0 Å². The van der Waals surface area contributed by atoms with Gasteiger partial charge in [-0.3, -0.25) is 4.79 Å². The minimum atomic E-state index is -2.71. The third kappa shape index (κ3) is 4.32. The molecule has 4 aromatic heterocycles. The van der Waals surface area contributed by atoms with E-state index in [9.17, 15) is 13.6 Å². The highest BCUT2D eigenvalue weighted by atomic mass is 19.3. The van der Waals surface area contributed by atoms with Gasteiger partial charge in [0.2, 0.25) is 0 Å². The molecule has 0 saturated heterocycles. The molecule has 0 saturated carbocycles. The Labute approximate surface area is 181 Å². The predicted molar refractivity (Wildman–Crippen MR) is 114 cm³/mol. The molecule has 0 spiro atoms. The van der Waals surface area contributed by atoms with Gasteiger partial charge < -0.3 is 10.3 Å². The van der Waals surface area contributed by atoms with Gasteiger partial charge in [-0.15, -0.1) is 0 Å². The zero-order valence-corrected chi connectivity index (χ0v) is 17.3. The van der Waals surface area contributed by atoms with Crippen LogP contribution in [-0.2, 0) is 0 Å². The summed E-state index contributed by atoms with van der Waals surface area (Å²) >= 11 is 0. The molecule has 10 heteroatoms. The van der Waals surface area contributed by atoms with Gasteiger partial charge >= 0.3 is 6.55 Å². The first kappa shape index (κ1) is 21.1. The quantitative estimate of drug-likeness (QED) is 0.472. The third-order valence-electron chi connectivity index (χ3n) is 4.85. The molecule has 0 bridgehead atoms. The first-order valence-electron chi connectivity index (χ1n) is 9.74. The summed E-state index contributed by atoms with van der Waals surface area (Å²) in [6.07, 6.45) is 4.23. The van der Waals surface area contributed by atoms with Crippen LogP contribution in [0.5, 0.6) is 0 Å². The van der Waals surface area contributed by atoms with E-state index < -0.39 is 12.0 Å². The lowest BCUT2D eigenvalue weighted by Crippen LogP contribution is -2.33. The number of halogens is 2. The highest BCUT2D eigenvalue weighted by Crippen LogP contribution is 2.27. The summed E-state index contributed by atoms with van der Waals surface area (Å²) in [5, 5.41) is 16.2. The number of carbonyl (C=O) groups is 1. The van der Waals surface area contributed by atoms with Crippen molar-refractivity contribution in [2.75, 3.05) is 6.54 Å². The number of pyridine rings is 2. The highest BCUT2D eigenvalue weighted by Gasteiger charge is 2.19. The number of nitrogens with one attached hydrogen (secondary N) is 2. The molecule has 32 heavy (non-hydrogen) atoms. The predicted octanol–water partition coefficient (Wildman–Crippen LogP) is 4.16. The first-order valence-corrected chi connectivity index (χ1v) is 9.74. The van der Waals surface area contributed by atoms with E-state index in [4.69, 9.17) is 5.26 Å². The molecule has 0 aliphatic carbocycles. The molecule has 162 valence electrons. The van der Waals surface area contributed by atoms with Crippen molar-refractivity contribution >= 4 is 16.9 Å². The zero-order valence-electron chi connectivity index (χ0n) is 17.3. The molecule has 0 fully saturated rings. The van der Waals surface area contributed by atoms with Crippen molar-refractivity contribution in [1.29, 1.82) is 5.26 Å². The minimum Gasteiger partial charge on any atom is -0.349 e. The number of alkyl halides is 2. The van der Waals surface area contributed by atoms with Crippen molar-refractivity contribution in [3.8, 4) is 28.6 Å². The van der Waals surface area contributed by atoms with Crippen LogP contribution < -0.4 is 5.32 Å². The molecule has 0 aliphatic heterocycles. The van der Waals surface area contributed by atoms with Gasteiger partial charge in [0.1, 0.15) is 11.3 Å². The van der Waals surface area contributed by atoms with Crippen LogP contribution in [0.25, 0.3) is 33.5 Å². The summed E-state index contributed by atoms with van der Waals surface area (Å²) in [5.74, 6) is -0.371. The maximum atomic E-state index is 12.8. The lowest BCUT2D eigenvalue weighted by molar-refractivity contribution is 0.0566. The number of fused-ring (bicyclic) bond motifs is 1. The van der Waals surface area contributed by atoms with Crippen LogP contribution in [0.2, 0.25) is 0 Å². The van der Waals surface area contributed by atoms with Gasteiger partial charge in [0.25, 0.3) is 5.91 Å². The van der Waals surface area contributed by atoms with E-state index in [1.54, 1.807) is 44.3 Å². The molecule has 0 unspecified atom stereocenters. The molecule has 0 aliphatic rings. The van der Waals surface area contributed by atoms with E-state index in [0.717, 1.165) is 5.39 Å². The van der Waals surface area contributed by atoms with Gasteiger partial charge in [0, 0.05) is 35.5 Å². The Balaban J connectivity index is 1.59. The molecule has 8 nitrogen and oxygen atoms in total. The maximum Gasteiger partial charge on any atom is 0.333 e. The standard InChI is InChI=1S/C22H19F2N7O/c1-22(2,11-25)12-27-20(32)17-5-3-4-16(29-17)14-6-13-7-18(30-19(13)26-8-14)15-9-28-31(10-15)21(23)24/h3-10,21H,12H2,1-2H3,(H,26,30)(H,27,32). The Hall–Kier alpha value is -4.13. The van der Waals surface area contributed by atoms with Gasteiger partial charge in [-0.2, -0.15) is 19.1 Å². The van der Waals surface area contributed by atoms with Crippen LogP contribution in [0.4, 0.5) is 8.78 Å². The average molecular weight is 435 g/mol. The number of aromatic amines is 1. The molecule has 0 radical (unpaired) electrons. The Bertz CT molecular complexity index is 1330. The third-order valence-corrected chi connectivity index (χ3v) is 4.85. The Morgan fingerprint density at radius 2 is 2.09 bits per heavy atom. The fraction of sp³-hybridized carbons (Fsp3) is 0.227. The SMILES string of the molecule is CC(C)(C#N)CNC(=O)c1cccc(-c2cnc3[nH]c(-c4cnn(C(F)F)c4)cc3c2)n1. The van der Waals surface area contributed by atoms with Crippen LogP contribution in [0, 0.1) is 16.7 Å². The number of nitriles is 1. The molecule has 4 rings (SSSR count). The Kier molecular flexibility index (Phi) is 5.40. The largest absolute Gasteiger partial charge is 0.349 e. The summed E-state index contributed by atoms with van der Waals surface area (Å²) in [6.45, 7) is 0.971. The molecular formula is C22H19F2N7O. The number of hydrogen-bond acceptors (Lipinski definition) is 5. The van der Waals surface area contributed by atoms with Gasteiger partial charge in [-0.1, -0.05) is 6.07 Å². The van der Waals surface area contributed by atoms with Crippen molar-refractivity contribution in [2.24, 2.45) is 5.41 Å². The number of amides is 1. The molecule has 0 aromatic carbocycles. The number of hydrogen-bond donors (Lipinski definition) is 2. The second-order valence-corrected chi connectivity index (χ2v) is 7.92. The molecule has 2 N–H and O–H groups in total. The summed E-state index contributed by atoms with van der Waals surface area (Å²) in [4.78, 5) is 24.4.